The van der Waals surface area contributed by atoms with E-state index in [9.17, 15) is 0 Å². The molecule has 0 aromatic carbocycles. The summed E-state index contributed by atoms with van der Waals surface area (Å²) in [6, 6.07) is 1.57. The van der Waals surface area contributed by atoms with Crippen molar-refractivity contribution in [2.24, 2.45) is 0 Å². The van der Waals surface area contributed by atoms with Gasteiger partial charge in [-0.05, 0) is 19.8 Å². The van der Waals surface area contributed by atoms with E-state index in [2.05, 4.69) is 35.8 Å². The SMILES string of the molecule is CC1SCCN(CCNC2CCCCC2)C1C. The van der Waals surface area contributed by atoms with Crippen LogP contribution < -0.4 is 5.32 Å². The molecule has 2 unspecified atom stereocenters. The highest BCUT2D eigenvalue weighted by Crippen LogP contribution is 2.23. The molecule has 2 atom stereocenters. The minimum Gasteiger partial charge on any atom is -0.313 e. The average Bonchev–Trinajstić information content (AvgIpc) is 2.36. The van der Waals surface area contributed by atoms with Crippen LogP contribution in [0.1, 0.15) is 46.0 Å². The van der Waals surface area contributed by atoms with Crippen LogP contribution in [0.2, 0.25) is 0 Å². The van der Waals surface area contributed by atoms with Crippen molar-refractivity contribution in [3.05, 3.63) is 0 Å². The summed E-state index contributed by atoms with van der Waals surface area (Å²) in [7, 11) is 0. The number of nitrogens with one attached hydrogen (secondary N) is 1. The minimum absolute atomic E-state index is 0.752. The molecule has 0 radical (unpaired) electrons. The number of hydrogen-bond donors (Lipinski definition) is 1. The summed E-state index contributed by atoms with van der Waals surface area (Å²) < 4.78 is 0. The molecule has 1 N–H and O–H groups in total. The molecule has 0 spiro atoms. The Labute approximate surface area is 111 Å². The van der Waals surface area contributed by atoms with Gasteiger partial charge in [-0.25, -0.2) is 0 Å². The number of nitrogens with zero attached hydrogens (tertiary/aromatic N) is 1. The second-order valence-electron chi connectivity index (χ2n) is 5.64. The van der Waals surface area contributed by atoms with E-state index >= 15 is 0 Å². The largest absolute Gasteiger partial charge is 0.313 e. The van der Waals surface area contributed by atoms with E-state index in [0.717, 1.165) is 17.3 Å². The molecule has 2 rings (SSSR count). The molecule has 3 heteroatoms. The van der Waals surface area contributed by atoms with Crippen molar-refractivity contribution in [2.45, 2.75) is 63.3 Å². The highest BCUT2D eigenvalue weighted by Gasteiger charge is 2.24. The quantitative estimate of drug-likeness (QED) is 0.832. The highest BCUT2D eigenvalue weighted by molar-refractivity contribution is 8.00. The molecule has 2 aliphatic rings. The van der Waals surface area contributed by atoms with Gasteiger partial charge in [-0.1, -0.05) is 26.2 Å². The van der Waals surface area contributed by atoms with Crippen LogP contribution in [0.3, 0.4) is 0 Å². The fourth-order valence-electron chi connectivity index (χ4n) is 3.03. The second-order valence-corrected chi connectivity index (χ2v) is 7.13. The smallest absolute Gasteiger partial charge is 0.0184 e. The van der Waals surface area contributed by atoms with Crippen molar-refractivity contribution in [3.8, 4) is 0 Å². The lowest BCUT2D eigenvalue weighted by atomic mass is 9.95. The molecule has 0 bridgehead atoms. The molecule has 1 saturated carbocycles. The van der Waals surface area contributed by atoms with Crippen LogP contribution in [0.15, 0.2) is 0 Å². The minimum atomic E-state index is 0.752. The molecule has 1 saturated heterocycles. The van der Waals surface area contributed by atoms with Crippen LogP contribution in [-0.2, 0) is 0 Å². The maximum atomic E-state index is 3.76. The van der Waals surface area contributed by atoms with E-state index in [-0.39, 0.29) is 0 Å². The van der Waals surface area contributed by atoms with Crippen molar-refractivity contribution in [3.63, 3.8) is 0 Å². The van der Waals surface area contributed by atoms with E-state index < -0.39 is 0 Å². The topological polar surface area (TPSA) is 15.3 Å². The number of thioether (sulfide) groups is 1. The van der Waals surface area contributed by atoms with Crippen LogP contribution in [0.4, 0.5) is 0 Å². The molecule has 17 heavy (non-hydrogen) atoms. The van der Waals surface area contributed by atoms with Gasteiger partial charge in [0.05, 0.1) is 0 Å². The number of rotatable bonds is 4. The maximum absolute atomic E-state index is 3.76. The standard InChI is InChI=1S/C14H28N2S/c1-12-13(2)17-11-10-16(12)9-8-15-14-6-4-3-5-7-14/h12-15H,3-11H2,1-2H3. The summed E-state index contributed by atoms with van der Waals surface area (Å²) in [5.41, 5.74) is 0. The summed E-state index contributed by atoms with van der Waals surface area (Å²) >= 11 is 2.13. The third-order valence-corrected chi connectivity index (χ3v) is 5.79. The molecule has 1 aliphatic carbocycles. The fraction of sp³-hybridized carbons (Fsp3) is 1.00. The van der Waals surface area contributed by atoms with Gasteiger partial charge in [0, 0.05) is 42.7 Å². The summed E-state index contributed by atoms with van der Waals surface area (Å²) in [5.74, 6) is 1.31. The zero-order valence-electron chi connectivity index (χ0n) is 11.5. The van der Waals surface area contributed by atoms with Crippen molar-refractivity contribution < 1.29 is 0 Å². The first-order chi connectivity index (χ1) is 8.27. The summed E-state index contributed by atoms with van der Waals surface area (Å²) in [4.78, 5) is 2.66. The zero-order valence-corrected chi connectivity index (χ0v) is 12.3. The van der Waals surface area contributed by atoms with Gasteiger partial charge in [0.25, 0.3) is 0 Å². The molecular weight excluding hydrogens is 228 g/mol. The third kappa shape index (κ3) is 4.15. The summed E-state index contributed by atoms with van der Waals surface area (Å²) in [6.45, 7) is 8.46. The predicted octanol–water partition coefficient (Wildman–Crippen LogP) is 2.73. The van der Waals surface area contributed by atoms with Crippen LogP contribution in [-0.4, -0.2) is 47.6 Å². The number of hydrogen-bond acceptors (Lipinski definition) is 3. The van der Waals surface area contributed by atoms with E-state index in [1.54, 1.807) is 0 Å². The lowest BCUT2D eigenvalue weighted by Crippen LogP contribution is -2.48. The summed E-state index contributed by atoms with van der Waals surface area (Å²) in [6.07, 6.45) is 7.14. The predicted molar refractivity (Wildman–Crippen MR) is 77.8 cm³/mol. The van der Waals surface area contributed by atoms with Gasteiger partial charge in [0.15, 0.2) is 0 Å². The molecule has 0 aromatic heterocycles. The van der Waals surface area contributed by atoms with Crippen LogP contribution in [0.5, 0.6) is 0 Å². The Morgan fingerprint density at radius 2 is 1.94 bits per heavy atom. The van der Waals surface area contributed by atoms with Gasteiger partial charge >= 0.3 is 0 Å². The first kappa shape index (κ1) is 13.7. The Morgan fingerprint density at radius 1 is 1.18 bits per heavy atom. The van der Waals surface area contributed by atoms with Gasteiger partial charge in [-0.15, -0.1) is 0 Å². The molecule has 100 valence electrons. The lowest BCUT2D eigenvalue weighted by Gasteiger charge is -2.38. The Hall–Kier alpha value is 0.270. The Morgan fingerprint density at radius 3 is 2.71 bits per heavy atom. The van der Waals surface area contributed by atoms with Gasteiger partial charge < -0.3 is 5.32 Å². The Bertz CT molecular complexity index is 216. The van der Waals surface area contributed by atoms with E-state index in [1.807, 2.05) is 0 Å². The molecule has 0 aromatic rings. The molecule has 2 nitrogen and oxygen atoms in total. The molecule has 0 amide bonds. The Balaban J connectivity index is 1.63. The third-order valence-electron chi connectivity index (χ3n) is 4.45. The lowest BCUT2D eigenvalue weighted by molar-refractivity contribution is 0.208. The van der Waals surface area contributed by atoms with Gasteiger partial charge in [0.2, 0.25) is 0 Å². The average molecular weight is 256 g/mol. The molecular formula is C14H28N2S. The van der Waals surface area contributed by atoms with Crippen LogP contribution in [0.25, 0.3) is 0 Å². The van der Waals surface area contributed by atoms with Crippen molar-refractivity contribution >= 4 is 11.8 Å². The molecule has 2 fully saturated rings. The monoisotopic (exact) mass is 256 g/mol. The summed E-state index contributed by atoms with van der Waals surface area (Å²) in [5, 5.41) is 4.56. The first-order valence-corrected chi connectivity index (χ1v) is 8.41. The van der Waals surface area contributed by atoms with Gasteiger partial charge in [0.1, 0.15) is 0 Å². The van der Waals surface area contributed by atoms with Crippen LogP contribution >= 0.6 is 11.8 Å². The Kier molecular flexibility index (Phi) is 5.64. The van der Waals surface area contributed by atoms with E-state index in [0.29, 0.717) is 0 Å². The van der Waals surface area contributed by atoms with Crippen molar-refractivity contribution in [2.75, 3.05) is 25.4 Å². The molecule has 1 aliphatic heterocycles. The zero-order chi connectivity index (χ0) is 12.1. The van der Waals surface area contributed by atoms with E-state index in [4.69, 9.17) is 0 Å². The second kappa shape index (κ2) is 7.01. The van der Waals surface area contributed by atoms with Gasteiger partial charge in [-0.2, -0.15) is 11.8 Å². The fourth-order valence-corrected chi connectivity index (χ4v) is 4.19. The van der Waals surface area contributed by atoms with Crippen molar-refractivity contribution in [1.29, 1.82) is 0 Å². The molecule has 1 heterocycles. The maximum Gasteiger partial charge on any atom is 0.0184 e. The first-order valence-electron chi connectivity index (χ1n) is 7.36. The van der Waals surface area contributed by atoms with Crippen LogP contribution in [0, 0.1) is 0 Å². The normalized spacial score (nSPS) is 32.8. The van der Waals surface area contributed by atoms with Crippen molar-refractivity contribution in [1.82, 2.24) is 10.2 Å². The van der Waals surface area contributed by atoms with E-state index in [1.165, 1.54) is 57.5 Å². The van der Waals surface area contributed by atoms with Gasteiger partial charge in [-0.3, -0.25) is 4.90 Å². The highest BCUT2D eigenvalue weighted by atomic mass is 32.2.